The molecule has 0 saturated heterocycles. The summed E-state index contributed by atoms with van der Waals surface area (Å²) in [5.74, 6) is -0.595. The summed E-state index contributed by atoms with van der Waals surface area (Å²) in [6.45, 7) is 1.66. The molecule has 0 radical (unpaired) electrons. The standard InChI is InChI=1S/C10H15N3O3/c1-7(10(15)16-4)13-6-5-8(11-13)9(14)12(2)3/h5-7H,1-4H3/t7-/m0/s1. The summed E-state index contributed by atoms with van der Waals surface area (Å²) in [5.41, 5.74) is 0.306. The van der Waals surface area contributed by atoms with Crippen molar-refractivity contribution in [3.05, 3.63) is 18.0 Å². The van der Waals surface area contributed by atoms with E-state index in [0.29, 0.717) is 5.69 Å². The monoisotopic (exact) mass is 225 g/mol. The summed E-state index contributed by atoms with van der Waals surface area (Å²) in [6.07, 6.45) is 1.58. The maximum Gasteiger partial charge on any atom is 0.330 e. The van der Waals surface area contributed by atoms with Crippen LogP contribution < -0.4 is 0 Å². The second-order valence-electron chi connectivity index (χ2n) is 3.58. The molecule has 1 aromatic rings. The van der Waals surface area contributed by atoms with E-state index in [2.05, 4.69) is 9.84 Å². The van der Waals surface area contributed by atoms with E-state index >= 15 is 0 Å². The van der Waals surface area contributed by atoms with E-state index in [4.69, 9.17) is 0 Å². The molecule has 6 heteroatoms. The fraction of sp³-hybridized carbons (Fsp3) is 0.500. The summed E-state index contributed by atoms with van der Waals surface area (Å²) >= 11 is 0. The highest BCUT2D eigenvalue weighted by Gasteiger charge is 2.18. The van der Waals surface area contributed by atoms with Crippen LogP contribution in [0.2, 0.25) is 0 Å². The number of amides is 1. The number of aromatic nitrogens is 2. The van der Waals surface area contributed by atoms with Gasteiger partial charge in [0, 0.05) is 20.3 Å². The molecule has 0 aliphatic rings. The van der Waals surface area contributed by atoms with Gasteiger partial charge >= 0.3 is 5.97 Å². The number of hydrogen-bond donors (Lipinski definition) is 0. The van der Waals surface area contributed by atoms with Crippen molar-refractivity contribution in [2.45, 2.75) is 13.0 Å². The quantitative estimate of drug-likeness (QED) is 0.695. The number of ether oxygens (including phenoxy) is 1. The molecule has 0 unspecified atom stereocenters. The van der Waals surface area contributed by atoms with Crippen LogP contribution in [0.15, 0.2) is 12.3 Å². The summed E-state index contributed by atoms with van der Waals surface area (Å²) in [4.78, 5) is 24.2. The minimum atomic E-state index is -0.534. The van der Waals surface area contributed by atoms with Gasteiger partial charge in [0.05, 0.1) is 7.11 Å². The van der Waals surface area contributed by atoms with Crippen LogP contribution in [0.3, 0.4) is 0 Å². The van der Waals surface area contributed by atoms with Gasteiger partial charge in [0.1, 0.15) is 11.7 Å². The van der Waals surface area contributed by atoms with Crippen LogP contribution in [0.25, 0.3) is 0 Å². The Kier molecular flexibility index (Phi) is 3.65. The van der Waals surface area contributed by atoms with Crippen LogP contribution in [0.1, 0.15) is 23.5 Å². The van der Waals surface area contributed by atoms with Crippen molar-refractivity contribution in [1.82, 2.24) is 14.7 Å². The molecular formula is C10H15N3O3. The van der Waals surface area contributed by atoms with Gasteiger partial charge in [0.25, 0.3) is 5.91 Å². The van der Waals surface area contributed by atoms with Crippen molar-refractivity contribution in [2.75, 3.05) is 21.2 Å². The zero-order valence-electron chi connectivity index (χ0n) is 9.80. The highest BCUT2D eigenvalue weighted by molar-refractivity contribution is 5.91. The van der Waals surface area contributed by atoms with Crippen molar-refractivity contribution in [3.8, 4) is 0 Å². The molecule has 0 aliphatic heterocycles. The van der Waals surface area contributed by atoms with Crippen molar-refractivity contribution < 1.29 is 14.3 Å². The average Bonchev–Trinajstić information content (AvgIpc) is 2.74. The summed E-state index contributed by atoms with van der Waals surface area (Å²) in [7, 11) is 4.60. The van der Waals surface area contributed by atoms with E-state index in [0.717, 1.165) is 0 Å². The van der Waals surface area contributed by atoms with Crippen LogP contribution >= 0.6 is 0 Å². The minimum absolute atomic E-state index is 0.198. The third-order valence-corrected chi connectivity index (χ3v) is 2.17. The Bertz CT molecular complexity index is 398. The number of nitrogens with zero attached hydrogens (tertiary/aromatic N) is 3. The van der Waals surface area contributed by atoms with Crippen LogP contribution in [-0.4, -0.2) is 47.8 Å². The van der Waals surface area contributed by atoms with Gasteiger partial charge in [-0.05, 0) is 13.0 Å². The molecule has 6 nitrogen and oxygen atoms in total. The van der Waals surface area contributed by atoms with E-state index in [9.17, 15) is 9.59 Å². The van der Waals surface area contributed by atoms with Crippen LogP contribution in [0.5, 0.6) is 0 Å². The highest BCUT2D eigenvalue weighted by Crippen LogP contribution is 2.08. The fourth-order valence-electron chi connectivity index (χ4n) is 1.18. The van der Waals surface area contributed by atoms with Gasteiger partial charge in [-0.1, -0.05) is 0 Å². The molecule has 0 N–H and O–H groups in total. The van der Waals surface area contributed by atoms with Crippen molar-refractivity contribution in [3.63, 3.8) is 0 Å². The van der Waals surface area contributed by atoms with Crippen LogP contribution in [0.4, 0.5) is 0 Å². The van der Waals surface area contributed by atoms with Crippen molar-refractivity contribution in [1.29, 1.82) is 0 Å². The molecule has 0 fully saturated rings. The van der Waals surface area contributed by atoms with E-state index in [-0.39, 0.29) is 5.91 Å². The third-order valence-electron chi connectivity index (χ3n) is 2.17. The Morgan fingerprint density at radius 3 is 2.62 bits per heavy atom. The van der Waals surface area contributed by atoms with E-state index in [1.165, 1.54) is 16.7 Å². The maximum atomic E-state index is 11.6. The van der Waals surface area contributed by atoms with Crippen molar-refractivity contribution in [2.24, 2.45) is 0 Å². The molecule has 1 rings (SSSR count). The lowest BCUT2D eigenvalue weighted by Gasteiger charge is -2.10. The molecule has 0 saturated carbocycles. The van der Waals surface area contributed by atoms with Gasteiger partial charge in [-0.15, -0.1) is 0 Å². The first-order valence-corrected chi connectivity index (χ1v) is 4.82. The first-order valence-electron chi connectivity index (χ1n) is 4.82. The summed E-state index contributed by atoms with van der Waals surface area (Å²) in [5, 5.41) is 4.03. The van der Waals surface area contributed by atoms with E-state index in [1.807, 2.05) is 0 Å². The molecule has 1 atom stereocenters. The number of rotatable bonds is 3. The van der Waals surface area contributed by atoms with Crippen LogP contribution in [0, 0.1) is 0 Å². The molecule has 1 amide bonds. The Hall–Kier alpha value is -1.85. The fourth-order valence-corrected chi connectivity index (χ4v) is 1.18. The van der Waals surface area contributed by atoms with Gasteiger partial charge in [0.15, 0.2) is 0 Å². The molecule has 88 valence electrons. The van der Waals surface area contributed by atoms with E-state index in [1.54, 1.807) is 33.3 Å². The largest absolute Gasteiger partial charge is 0.467 e. The molecule has 1 heterocycles. The minimum Gasteiger partial charge on any atom is -0.467 e. The molecule has 16 heavy (non-hydrogen) atoms. The summed E-state index contributed by atoms with van der Waals surface area (Å²) in [6, 6.07) is 1.04. The number of carbonyl (C=O) groups is 2. The molecule has 1 aromatic heterocycles. The third kappa shape index (κ3) is 2.39. The van der Waals surface area contributed by atoms with Crippen molar-refractivity contribution >= 4 is 11.9 Å². The zero-order chi connectivity index (χ0) is 12.3. The van der Waals surface area contributed by atoms with Gasteiger partial charge < -0.3 is 9.64 Å². The predicted octanol–water partition coefficient (Wildman–Crippen LogP) is 0.319. The predicted molar refractivity (Wildman–Crippen MR) is 57.0 cm³/mol. The molecule has 0 aromatic carbocycles. The van der Waals surface area contributed by atoms with Gasteiger partial charge in [-0.2, -0.15) is 5.10 Å². The second-order valence-corrected chi connectivity index (χ2v) is 3.58. The van der Waals surface area contributed by atoms with Crippen LogP contribution in [-0.2, 0) is 9.53 Å². The number of carbonyl (C=O) groups excluding carboxylic acids is 2. The Balaban J connectivity index is 2.87. The number of hydrogen-bond acceptors (Lipinski definition) is 4. The lowest BCUT2D eigenvalue weighted by atomic mass is 10.3. The summed E-state index contributed by atoms with van der Waals surface area (Å²) < 4.78 is 5.99. The first kappa shape index (κ1) is 12.2. The lowest BCUT2D eigenvalue weighted by molar-refractivity contribution is -0.144. The Labute approximate surface area is 93.8 Å². The lowest BCUT2D eigenvalue weighted by Crippen LogP contribution is -2.23. The number of methoxy groups -OCH3 is 1. The SMILES string of the molecule is COC(=O)[C@H](C)n1ccc(C(=O)N(C)C)n1. The topological polar surface area (TPSA) is 64.4 Å². The average molecular weight is 225 g/mol. The van der Waals surface area contributed by atoms with Gasteiger partial charge in [-0.25, -0.2) is 4.79 Å². The molecule has 0 spiro atoms. The first-order chi connectivity index (χ1) is 7.47. The Morgan fingerprint density at radius 1 is 1.50 bits per heavy atom. The maximum absolute atomic E-state index is 11.6. The van der Waals surface area contributed by atoms with Gasteiger partial charge in [-0.3, -0.25) is 9.48 Å². The highest BCUT2D eigenvalue weighted by atomic mass is 16.5. The number of esters is 1. The molecular weight excluding hydrogens is 210 g/mol. The second kappa shape index (κ2) is 4.78. The Morgan fingerprint density at radius 2 is 2.12 bits per heavy atom. The molecule has 0 bridgehead atoms. The van der Waals surface area contributed by atoms with E-state index < -0.39 is 12.0 Å². The zero-order valence-corrected chi connectivity index (χ0v) is 9.80. The normalized spacial score (nSPS) is 12.0. The molecule has 0 aliphatic carbocycles. The smallest absolute Gasteiger partial charge is 0.330 e. The van der Waals surface area contributed by atoms with Gasteiger partial charge in [0.2, 0.25) is 0 Å².